The van der Waals surface area contributed by atoms with Crippen LogP contribution in [0.3, 0.4) is 0 Å². The first-order valence-electron chi connectivity index (χ1n) is 7.43. The molecule has 2 N–H and O–H groups in total. The molecule has 8 nitrogen and oxygen atoms in total. The van der Waals surface area contributed by atoms with Gasteiger partial charge in [-0.3, -0.25) is 10.1 Å². The molecule has 26 heavy (non-hydrogen) atoms. The molecule has 1 amide bonds. The number of carbonyl (C=O) groups is 2. The van der Waals surface area contributed by atoms with Crippen molar-refractivity contribution < 1.29 is 24.4 Å². The van der Waals surface area contributed by atoms with Crippen molar-refractivity contribution in [2.24, 2.45) is 0 Å². The Morgan fingerprint density at radius 2 is 1.88 bits per heavy atom. The van der Waals surface area contributed by atoms with Crippen molar-refractivity contribution in [3.05, 3.63) is 75.3 Å². The molecule has 132 valence electrons. The van der Waals surface area contributed by atoms with Gasteiger partial charge in [-0.25, -0.2) is 9.59 Å². The van der Waals surface area contributed by atoms with Gasteiger partial charge in [-0.2, -0.15) is 0 Å². The Bertz CT molecular complexity index is 851. The number of carboxylic acids is 1. The highest BCUT2D eigenvalue weighted by atomic mass is 16.6. The summed E-state index contributed by atoms with van der Waals surface area (Å²) in [7, 11) is 0. The number of nitrogens with zero attached hydrogens (tertiary/aromatic N) is 1. The molecule has 0 unspecified atom stereocenters. The lowest BCUT2D eigenvalue weighted by atomic mass is 10.1. The van der Waals surface area contributed by atoms with Crippen molar-refractivity contribution in [3.63, 3.8) is 0 Å². The molecular formula is C18H14N2O6. The number of rotatable bonds is 5. The van der Waals surface area contributed by atoms with Crippen LogP contribution in [0, 0.1) is 22.0 Å². The maximum Gasteiger partial charge on any atom is 0.408 e. The van der Waals surface area contributed by atoms with Gasteiger partial charge in [0.05, 0.1) is 17.0 Å². The van der Waals surface area contributed by atoms with Gasteiger partial charge in [0.25, 0.3) is 5.69 Å². The Kier molecular flexibility index (Phi) is 6.28. The maximum absolute atomic E-state index is 11.6. The Hall–Kier alpha value is -3.86. The number of nitro groups is 1. The fourth-order valence-corrected chi connectivity index (χ4v) is 2.02. The maximum atomic E-state index is 11.6. The van der Waals surface area contributed by atoms with E-state index in [1.54, 1.807) is 12.1 Å². The van der Waals surface area contributed by atoms with E-state index in [-0.39, 0.29) is 24.3 Å². The number of amides is 1. The molecule has 0 heterocycles. The van der Waals surface area contributed by atoms with Crippen LogP contribution < -0.4 is 5.32 Å². The molecule has 0 radical (unpaired) electrons. The molecule has 0 saturated heterocycles. The summed E-state index contributed by atoms with van der Waals surface area (Å²) in [5.41, 5.74) is -0.0911. The van der Waals surface area contributed by atoms with Crippen molar-refractivity contribution in [2.45, 2.75) is 6.61 Å². The first kappa shape index (κ1) is 18.5. The lowest BCUT2D eigenvalue weighted by Crippen LogP contribution is -2.24. The van der Waals surface area contributed by atoms with Crippen molar-refractivity contribution in [2.75, 3.05) is 6.54 Å². The van der Waals surface area contributed by atoms with Gasteiger partial charge in [0.2, 0.25) is 0 Å². The molecule has 0 saturated carbocycles. The van der Waals surface area contributed by atoms with Gasteiger partial charge in [0, 0.05) is 6.07 Å². The first-order chi connectivity index (χ1) is 12.5. The van der Waals surface area contributed by atoms with Crippen molar-refractivity contribution in [1.82, 2.24) is 5.32 Å². The van der Waals surface area contributed by atoms with Gasteiger partial charge < -0.3 is 15.2 Å². The zero-order valence-corrected chi connectivity index (χ0v) is 13.5. The van der Waals surface area contributed by atoms with Gasteiger partial charge in [-0.1, -0.05) is 48.2 Å². The minimum absolute atomic E-state index is 0.0907. The summed E-state index contributed by atoms with van der Waals surface area (Å²) in [6, 6.07) is 12.7. The first-order valence-corrected chi connectivity index (χ1v) is 7.43. The molecule has 0 bridgehead atoms. The van der Waals surface area contributed by atoms with E-state index in [1.807, 2.05) is 18.2 Å². The van der Waals surface area contributed by atoms with E-state index in [4.69, 9.17) is 9.84 Å². The Labute approximate surface area is 148 Å². The van der Waals surface area contributed by atoms with Gasteiger partial charge in [0.15, 0.2) is 0 Å². The third kappa shape index (κ3) is 5.07. The number of benzene rings is 2. The lowest BCUT2D eigenvalue weighted by molar-refractivity contribution is -0.385. The van der Waals surface area contributed by atoms with E-state index >= 15 is 0 Å². The molecular weight excluding hydrogens is 340 g/mol. The smallest absolute Gasteiger partial charge is 0.408 e. The second kappa shape index (κ2) is 8.84. The molecule has 2 aromatic carbocycles. The molecule has 0 aromatic heterocycles. The standard InChI is InChI=1S/C18H14N2O6/c21-17(22)15-8-4-10-16(20(24)25)14(15)9-5-11-19-18(23)26-12-13-6-2-1-3-7-13/h1-4,6-8,10H,11-12H2,(H,19,23)(H,21,22). The van der Waals surface area contributed by atoms with Gasteiger partial charge in [0.1, 0.15) is 12.2 Å². The number of aromatic carboxylic acids is 1. The highest BCUT2D eigenvalue weighted by Gasteiger charge is 2.19. The number of hydrogen-bond acceptors (Lipinski definition) is 5. The molecule has 8 heteroatoms. The molecule has 0 aliphatic rings. The van der Waals surface area contributed by atoms with Crippen LogP contribution in [0.1, 0.15) is 21.5 Å². The fraction of sp³-hybridized carbons (Fsp3) is 0.111. The summed E-state index contributed by atoms with van der Waals surface area (Å²) in [6.07, 6.45) is -0.704. The molecule has 0 aliphatic heterocycles. The van der Waals surface area contributed by atoms with Crippen LogP contribution in [0.5, 0.6) is 0 Å². The summed E-state index contributed by atoms with van der Waals surface area (Å²) < 4.78 is 4.98. The largest absolute Gasteiger partial charge is 0.478 e. The Morgan fingerprint density at radius 3 is 2.54 bits per heavy atom. The highest BCUT2D eigenvalue weighted by molar-refractivity contribution is 5.92. The minimum atomic E-state index is -1.33. The molecule has 0 atom stereocenters. The van der Waals surface area contributed by atoms with E-state index in [1.165, 1.54) is 12.1 Å². The fourth-order valence-electron chi connectivity index (χ4n) is 2.02. The second-order valence-electron chi connectivity index (χ2n) is 4.98. The van der Waals surface area contributed by atoms with E-state index < -0.39 is 22.7 Å². The Morgan fingerprint density at radius 1 is 1.15 bits per heavy atom. The van der Waals surface area contributed by atoms with Gasteiger partial charge >= 0.3 is 12.1 Å². The summed E-state index contributed by atoms with van der Waals surface area (Å²) in [4.78, 5) is 33.1. The van der Waals surface area contributed by atoms with Gasteiger partial charge in [-0.15, -0.1) is 0 Å². The Balaban J connectivity index is 1.98. The molecule has 0 spiro atoms. The van der Waals surface area contributed by atoms with Crippen molar-refractivity contribution in [3.8, 4) is 11.8 Å². The number of ether oxygens (including phenoxy) is 1. The van der Waals surface area contributed by atoms with E-state index in [9.17, 15) is 19.7 Å². The lowest BCUT2D eigenvalue weighted by Gasteiger charge is -2.04. The molecule has 2 aromatic rings. The zero-order valence-electron chi connectivity index (χ0n) is 13.5. The predicted molar refractivity (Wildman–Crippen MR) is 91.6 cm³/mol. The van der Waals surface area contributed by atoms with Crippen LogP contribution >= 0.6 is 0 Å². The SMILES string of the molecule is O=C(NCC#Cc1c(C(=O)O)cccc1[N+](=O)[O-])OCc1ccccc1. The second-order valence-corrected chi connectivity index (χ2v) is 4.98. The highest BCUT2D eigenvalue weighted by Crippen LogP contribution is 2.21. The number of nitro benzene ring substituents is 1. The molecule has 0 fully saturated rings. The van der Waals surface area contributed by atoms with Crippen LogP contribution in [0.25, 0.3) is 0 Å². The van der Waals surface area contributed by atoms with Crippen LogP contribution in [0.2, 0.25) is 0 Å². The zero-order chi connectivity index (χ0) is 18.9. The van der Waals surface area contributed by atoms with E-state index in [2.05, 4.69) is 17.2 Å². The van der Waals surface area contributed by atoms with Crippen LogP contribution in [0.4, 0.5) is 10.5 Å². The van der Waals surface area contributed by atoms with Crippen molar-refractivity contribution >= 4 is 17.7 Å². The average Bonchev–Trinajstić information content (AvgIpc) is 2.64. The van der Waals surface area contributed by atoms with Crippen LogP contribution in [-0.4, -0.2) is 28.6 Å². The van der Waals surface area contributed by atoms with Gasteiger partial charge in [-0.05, 0) is 11.6 Å². The topological polar surface area (TPSA) is 119 Å². The normalized spacial score (nSPS) is 9.54. The third-order valence-electron chi connectivity index (χ3n) is 3.22. The summed E-state index contributed by atoms with van der Waals surface area (Å²) in [5.74, 6) is 3.60. The predicted octanol–water partition coefficient (Wildman–Crippen LogP) is 2.57. The number of carbonyl (C=O) groups excluding carboxylic acids is 1. The van der Waals surface area contributed by atoms with Crippen LogP contribution in [0.15, 0.2) is 48.5 Å². The minimum Gasteiger partial charge on any atom is -0.478 e. The van der Waals surface area contributed by atoms with E-state index in [0.29, 0.717) is 0 Å². The van der Waals surface area contributed by atoms with E-state index in [0.717, 1.165) is 11.6 Å². The quantitative estimate of drug-likeness (QED) is 0.484. The average molecular weight is 354 g/mol. The van der Waals surface area contributed by atoms with Crippen molar-refractivity contribution in [1.29, 1.82) is 0 Å². The summed E-state index contributed by atoms with van der Waals surface area (Å²) in [5, 5.41) is 22.5. The number of nitrogens with one attached hydrogen (secondary N) is 1. The number of hydrogen-bond donors (Lipinski definition) is 2. The molecule has 0 aliphatic carbocycles. The number of alkyl carbamates (subject to hydrolysis) is 1. The third-order valence-corrected chi connectivity index (χ3v) is 3.22. The molecule has 2 rings (SSSR count). The monoisotopic (exact) mass is 354 g/mol. The summed E-state index contributed by atoms with van der Waals surface area (Å²) in [6.45, 7) is -0.0633. The number of carboxylic acid groups (broad SMARTS) is 1. The van der Waals surface area contributed by atoms with Crippen LogP contribution in [-0.2, 0) is 11.3 Å². The summed E-state index contributed by atoms with van der Waals surface area (Å²) >= 11 is 0.